The van der Waals surface area contributed by atoms with Crippen molar-refractivity contribution in [2.24, 2.45) is 11.7 Å². The lowest BCUT2D eigenvalue weighted by molar-refractivity contribution is 0.665. The lowest BCUT2D eigenvalue weighted by Gasteiger charge is -2.20. The fourth-order valence-electron chi connectivity index (χ4n) is 2.63. The van der Waals surface area contributed by atoms with Crippen LogP contribution in [0.5, 0.6) is 0 Å². The smallest absolute Gasteiger partial charge is 0.0317 e. The summed E-state index contributed by atoms with van der Waals surface area (Å²) in [6.07, 6.45) is 7.40. The second-order valence-electron chi connectivity index (χ2n) is 5.41. The lowest BCUT2D eigenvalue weighted by atomic mass is 9.86. The van der Waals surface area contributed by atoms with Gasteiger partial charge in [0.05, 0.1) is 0 Å². The van der Waals surface area contributed by atoms with Gasteiger partial charge in [0.15, 0.2) is 0 Å². The number of nitrogens with two attached hydrogens (primary N) is 2. The first-order chi connectivity index (χ1) is 8.97. The fourth-order valence-corrected chi connectivity index (χ4v) is 2.63. The van der Waals surface area contributed by atoms with Gasteiger partial charge in [0, 0.05) is 11.4 Å². The molecule has 1 atom stereocenters. The van der Waals surface area contributed by atoms with Crippen molar-refractivity contribution < 1.29 is 0 Å². The summed E-state index contributed by atoms with van der Waals surface area (Å²) in [6, 6.07) is 6.01. The van der Waals surface area contributed by atoms with Gasteiger partial charge in [-0.05, 0) is 66.7 Å². The number of rotatable bonds is 2. The maximum atomic E-state index is 5.91. The van der Waals surface area contributed by atoms with Crippen molar-refractivity contribution in [1.82, 2.24) is 0 Å². The number of nitrogen functional groups attached to an aromatic ring is 1. The molecule has 0 saturated heterocycles. The Bertz CT molecular complexity index is 577. The molecule has 0 heterocycles. The van der Waals surface area contributed by atoms with Crippen LogP contribution >= 0.6 is 0 Å². The van der Waals surface area contributed by atoms with Crippen LogP contribution in [0.4, 0.5) is 5.69 Å². The summed E-state index contributed by atoms with van der Waals surface area (Å²) >= 11 is 0. The minimum absolute atomic E-state index is 0.482. The Morgan fingerprint density at radius 1 is 1.16 bits per heavy atom. The maximum Gasteiger partial charge on any atom is 0.0317 e. The molecule has 0 amide bonds. The van der Waals surface area contributed by atoms with E-state index in [1.807, 2.05) is 12.1 Å². The molecule has 1 aromatic carbocycles. The van der Waals surface area contributed by atoms with Gasteiger partial charge in [-0.15, -0.1) is 0 Å². The third-order valence-corrected chi connectivity index (χ3v) is 3.67. The first kappa shape index (κ1) is 13.5. The predicted octanol–water partition coefficient (Wildman–Crippen LogP) is 3.79. The van der Waals surface area contributed by atoms with Gasteiger partial charge in [-0.2, -0.15) is 0 Å². The predicted molar refractivity (Wildman–Crippen MR) is 83.4 cm³/mol. The molecule has 4 N–H and O–H groups in total. The minimum Gasteiger partial charge on any atom is -0.402 e. The van der Waals surface area contributed by atoms with E-state index in [1.165, 1.54) is 22.3 Å². The topological polar surface area (TPSA) is 52.0 Å². The Balaban J connectivity index is 2.30. The molecular formula is C17H22N2. The van der Waals surface area contributed by atoms with Crippen LogP contribution < -0.4 is 11.5 Å². The highest BCUT2D eigenvalue weighted by Gasteiger charge is 2.14. The number of hydrogen-bond donors (Lipinski definition) is 2. The standard InChI is InChI=1S/C17H22N2/c1-11-8-15(18)6-4-14(11)5-7-17-12(2)9-16(19)10-13(17)3/h4-9,13H,10,18-19H2,1-3H3/b7-5+. The van der Waals surface area contributed by atoms with E-state index in [0.29, 0.717) is 5.92 Å². The van der Waals surface area contributed by atoms with E-state index in [4.69, 9.17) is 11.5 Å². The largest absolute Gasteiger partial charge is 0.402 e. The molecule has 0 aromatic heterocycles. The van der Waals surface area contributed by atoms with Gasteiger partial charge < -0.3 is 11.5 Å². The number of allylic oxidation sites excluding steroid dienone is 5. The molecule has 0 radical (unpaired) electrons. The van der Waals surface area contributed by atoms with E-state index in [0.717, 1.165) is 17.8 Å². The molecule has 1 unspecified atom stereocenters. The molecule has 0 aliphatic heterocycles. The summed E-state index contributed by atoms with van der Waals surface area (Å²) in [5.41, 5.74) is 18.5. The monoisotopic (exact) mass is 254 g/mol. The highest BCUT2D eigenvalue weighted by atomic mass is 14.6. The second kappa shape index (κ2) is 5.35. The van der Waals surface area contributed by atoms with Crippen LogP contribution in [0.15, 0.2) is 47.2 Å². The Morgan fingerprint density at radius 3 is 2.53 bits per heavy atom. The van der Waals surface area contributed by atoms with E-state index in [2.05, 4.69) is 45.1 Å². The van der Waals surface area contributed by atoms with Crippen LogP contribution in [0.3, 0.4) is 0 Å². The van der Waals surface area contributed by atoms with E-state index < -0.39 is 0 Å². The van der Waals surface area contributed by atoms with Gasteiger partial charge >= 0.3 is 0 Å². The highest BCUT2D eigenvalue weighted by Crippen LogP contribution is 2.29. The minimum atomic E-state index is 0.482. The SMILES string of the molecule is CC1=C(/C=C/c2ccc(N)cc2C)C(C)CC(N)=C1. The summed E-state index contributed by atoms with van der Waals surface area (Å²) < 4.78 is 0. The first-order valence-corrected chi connectivity index (χ1v) is 6.68. The number of benzene rings is 1. The van der Waals surface area contributed by atoms with E-state index in [-0.39, 0.29) is 0 Å². The molecule has 2 heteroatoms. The van der Waals surface area contributed by atoms with Crippen molar-refractivity contribution in [3.63, 3.8) is 0 Å². The van der Waals surface area contributed by atoms with Crippen molar-refractivity contribution in [2.45, 2.75) is 27.2 Å². The van der Waals surface area contributed by atoms with Crippen molar-refractivity contribution in [3.05, 3.63) is 58.3 Å². The van der Waals surface area contributed by atoms with Gasteiger partial charge in [-0.25, -0.2) is 0 Å². The van der Waals surface area contributed by atoms with Gasteiger partial charge in [0.1, 0.15) is 0 Å². The van der Waals surface area contributed by atoms with Crippen LogP contribution in [0.1, 0.15) is 31.4 Å². The number of hydrogen-bond acceptors (Lipinski definition) is 2. The molecule has 0 spiro atoms. The van der Waals surface area contributed by atoms with Gasteiger partial charge in [-0.1, -0.05) is 25.1 Å². The summed E-state index contributed by atoms with van der Waals surface area (Å²) in [5, 5.41) is 0. The average molecular weight is 254 g/mol. The zero-order chi connectivity index (χ0) is 14.0. The molecule has 1 aromatic rings. The number of aryl methyl sites for hydroxylation is 1. The first-order valence-electron chi connectivity index (χ1n) is 6.68. The Labute approximate surface area is 115 Å². The zero-order valence-electron chi connectivity index (χ0n) is 11.9. The van der Waals surface area contributed by atoms with Gasteiger partial charge in [0.2, 0.25) is 0 Å². The summed E-state index contributed by atoms with van der Waals surface area (Å²) in [4.78, 5) is 0. The molecule has 1 aliphatic rings. The molecular weight excluding hydrogens is 232 g/mol. The second-order valence-corrected chi connectivity index (χ2v) is 5.41. The Morgan fingerprint density at radius 2 is 1.89 bits per heavy atom. The number of anilines is 1. The van der Waals surface area contributed by atoms with Gasteiger partial charge in [-0.3, -0.25) is 0 Å². The van der Waals surface area contributed by atoms with E-state index in [9.17, 15) is 0 Å². The van der Waals surface area contributed by atoms with E-state index in [1.54, 1.807) is 0 Å². The van der Waals surface area contributed by atoms with Crippen LogP contribution in [-0.4, -0.2) is 0 Å². The van der Waals surface area contributed by atoms with Crippen LogP contribution in [-0.2, 0) is 0 Å². The average Bonchev–Trinajstić information content (AvgIpc) is 2.30. The molecule has 1 aliphatic carbocycles. The third-order valence-electron chi connectivity index (χ3n) is 3.67. The Kier molecular flexibility index (Phi) is 3.79. The van der Waals surface area contributed by atoms with Crippen molar-refractivity contribution in [1.29, 1.82) is 0 Å². The fraction of sp³-hybridized carbons (Fsp3) is 0.294. The van der Waals surface area contributed by atoms with Crippen LogP contribution in [0.25, 0.3) is 6.08 Å². The summed E-state index contributed by atoms with van der Waals surface area (Å²) in [6.45, 7) is 6.43. The maximum absolute atomic E-state index is 5.91. The molecule has 0 bridgehead atoms. The van der Waals surface area contributed by atoms with E-state index >= 15 is 0 Å². The zero-order valence-corrected chi connectivity index (χ0v) is 11.9. The third kappa shape index (κ3) is 3.08. The van der Waals surface area contributed by atoms with Crippen LogP contribution in [0, 0.1) is 12.8 Å². The van der Waals surface area contributed by atoms with Crippen LogP contribution in [0.2, 0.25) is 0 Å². The lowest BCUT2D eigenvalue weighted by Crippen LogP contribution is -2.11. The molecule has 0 fully saturated rings. The summed E-state index contributed by atoms with van der Waals surface area (Å²) in [7, 11) is 0. The van der Waals surface area contributed by atoms with Crippen molar-refractivity contribution >= 4 is 11.8 Å². The highest BCUT2D eigenvalue weighted by molar-refractivity contribution is 5.61. The van der Waals surface area contributed by atoms with Crippen molar-refractivity contribution in [3.8, 4) is 0 Å². The Hall–Kier alpha value is -1.96. The summed E-state index contributed by atoms with van der Waals surface area (Å²) in [5.74, 6) is 0.482. The molecule has 100 valence electrons. The quantitative estimate of drug-likeness (QED) is 0.789. The molecule has 19 heavy (non-hydrogen) atoms. The normalized spacial score (nSPS) is 19.9. The van der Waals surface area contributed by atoms with Gasteiger partial charge in [0.25, 0.3) is 0 Å². The molecule has 2 nitrogen and oxygen atoms in total. The molecule has 2 rings (SSSR count). The molecule has 0 saturated carbocycles. The van der Waals surface area contributed by atoms with Crippen molar-refractivity contribution in [2.75, 3.05) is 5.73 Å².